The van der Waals surface area contributed by atoms with Crippen molar-refractivity contribution >= 4 is 97.6 Å². The average Bonchev–Trinajstić information content (AvgIpc) is 1.57. The van der Waals surface area contributed by atoms with E-state index in [0.29, 0.717) is 0 Å². The van der Waals surface area contributed by atoms with Crippen LogP contribution in [-0.2, 0) is 16.2 Å². The molecule has 24 aromatic rings. The molecule has 5 heteroatoms. The lowest BCUT2D eigenvalue weighted by molar-refractivity contribution is 0.661. The Kier molecular flexibility index (Phi) is 18.0. The van der Waals surface area contributed by atoms with Gasteiger partial charge in [-0.1, -0.05) is 424 Å². The van der Waals surface area contributed by atoms with Crippen LogP contribution in [0.4, 0.5) is 0 Å². The fraction of sp³-hybridized carbons (Fsp3) is 0.0692. The summed E-state index contributed by atoms with van der Waals surface area (Å²) in [5, 5.41) is 16.3. The van der Waals surface area contributed by atoms with E-state index in [1.807, 2.05) is 12.1 Å². The van der Waals surface area contributed by atoms with Crippen molar-refractivity contribution in [3.63, 3.8) is 0 Å². The second-order valence-corrected chi connectivity index (χ2v) is 38.2. The van der Waals surface area contributed by atoms with Gasteiger partial charge in [0, 0.05) is 71.0 Å². The number of hydrogen-bond donors (Lipinski definition) is 0. The maximum atomic E-state index is 5.30. The van der Waals surface area contributed by atoms with Crippen LogP contribution in [0.3, 0.4) is 0 Å². The van der Waals surface area contributed by atoms with Crippen LogP contribution < -0.4 is 0 Å². The highest BCUT2D eigenvalue weighted by Crippen LogP contribution is 2.59. The summed E-state index contributed by atoms with van der Waals surface area (Å²) >= 11 is 0. The van der Waals surface area contributed by atoms with Crippen LogP contribution in [0.25, 0.3) is 243 Å². The summed E-state index contributed by atoms with van der Waals surface area (Å²) < 4.78 is 0. The summed E-state index contributed by atoms with van der Waals surface area (Å²) in [6, 6.07) is 156. The minimum absolute atomic E-state index is 0.135. The number of hydrogen-bond acceptors (Lipinski definition) is 5. The lowest BCUT2D eigenvalue weighted by atomic mass is 9.78. The van der Waals surface area contributed by atoms with Crippen LogP contribution in [0.1, 0.15) is 74.9 Å². The Bertz CT molecular complexity index is 9040. The van der Waals surface area contributed by atoms with Crippen molar-refractivity contribution in [1.82, 2.24) is 24.9 Å². The molecule has 634 valence electrons. The van der Waals surface area contributed by atoms with Gasteiger partial charge in [0.05, 0.1) is 56.1 Å². The van der Waals surface area contributed by atoms with E-state index in [1.165, 1.54) is 187 Å². The van der Waals surface area contributed by atoms with Gasteiger partial charge in [0.2, 0.25) is 0 Å². The molecule has 28 rings (SSSR count). The van der Waals surface area contributed by atoms with Gasteiger partial charge in [0.25, 0.3) is 0 Å². The van der Waals surface area contributed by atoms with Gasteiger partial charge in [0.1, 0.15) is 0 Å². The number of para-hydroxylation sites is 3. The van der Waals surface area contributed by atoms with Crippen molar-refractivity contribution in [2.75, 3.05) is 0 Å². The molecule has 0 saturated carbocycles. The van der Waals surface area contributed by atoms with Gasteiger partial charge in [-0.25, -0.2) is 24.9 Å². The van der Waals surface area contributed by atoms with Crippen LogP contribution in [0, 0.1) is 0 Å². The molecule has 5 aromatic heterocycles. The van der Waals surface area contributed by atoms with Gasteiger partial charge in [0.15, 0.2) is 0 Å². The van der Waals surface area contributed by atoms with E-state index in [9.17, 15) is 0 Å². The maximum absolute atomic E-state index is 5.30. The Labute approximate surface area is 784 Å². The van der Waals surface area contributed by atoms with Gasteiger partial charge < -0.3 is 0 Å². The lowest BCUT2D eigenvalue weighted by Crippen LogP contribution is -2.16. The van der Waals surface area contributed by atoms with Crippen molar-refractivity contribution < 1.29 is 0 Å². The third kappa shape index (κ3) is 12.4. The highest BCUT2D eigenvalue weighted by Gasteiger charge is 2.43. The Morgan fingerprint density at radius 1 is 0.170 bits per heavy atom. The quantitative estimate of drug-likeness (QED) is 0.142. The summed E-state index contributed by atoms with van der Waals surface area (Å²) in [5.74, 6) is 0. The van der Waals surface area contributed by atoms with Gasteiger partial charge in [-0.05, 0) is 214 Å². The van der Waals surface area contributed by atoms with Crippen molar-refractivity contribution in [3.8, 4) is 145 Å². The topological polar surface area (TPSA) is 64.5 Å². The largest absolute Gasteiger partial charge is 0.247 e. The van der Waals surface area contributed by atoms with Crippen LogP contribution in [0.2, 0.25) is 0 Å². The fourth-order valence-corrected chi connectivity index (χ4v) is 23.3. The van der Waals surface area contributed by atoms with E-state index in [1.54, 1.807) is 0 Å². The number of nitrogens with zero attached hydrogens (tertiary/aromatic N) is 5. The van der Waals surface area contributed by atoms with Gasteiger partial charge in [-0.15, -0.1) is 0 Å². The molecular formula is C130H89N5. The SMILES string of the molecule is CC1(C)c2ccccc2-c2nc3ccccc3c(-c3ccc(-c4cc5ccc(-c6ccccc6)nc5c5nc(-c6ccccc6)ccc45)cc3)c21.CC1(C)c2ccccc2-c2nc3ccccc3c(-c3ccc(-c4ccc5c6c(cccc46)-c4ccccc4-5)cc3)c21.CC1(C)c2ccccc2-c2nc3ccccc3c(-c3ccc(-c4ccc5c6ccccc6c6ccccc6c5c4)cc3)c21. The second-order valence-electron chi connectivity index (χ2n) is 38.2. The number of fused-ring (bicyclic) bond motifs is 24. The normalized spacial score (nSPS) is 13.4. The van der Waals surface area contributed by atoms with E-state index in [2.05, 4.69) is 460 Å². The molecule has 19 aromatic carbocycles. The Morgan fingerprint density at radius 2 is 0.489 bits per heavy atom. The van der Waals surface area contributed by atoms with Gasteiger partial charge in [-0.3, -0.25) is 0 Å². The van der Waals surface area contributed by atoms with E-state index in [0.717, 1.165) is 89.1 Å². The van der Waals surface area contributed by atoms with Crippen molar-refractivity contribution in [1.29, 1.82) is 0 Å². The Hall–Kier alpha value is -16.7. The van der Waals surface area contributed by atoms with E-state index >= 15 is 0 Å². The summed E-state index contributed by atoms with van der Waals surface area (Å²) in [6.07, 6.45) is 0. The zero-order valence-electron chi connectivity index (χ0n) is 75.7. The monoisotopic (exact) mass is 1720 g/mol. The molecule has 0 saturated heterocycles. The Balaban J connectivity index is 0.000000106. The molecule has 0 aliphatic heterocycles. The molecule has 0 bridgehead atoms. The highest BCUT2D eigenvalue weighted by molar-refractivity contribution is 6.26. The standard InChI is InChI=1S/C48H33N3.C42H29N.C40H27N/c1-48(2)39-19-11-9-17-36(39)46-44(48)43(37-18-10-12-20-42(37)51-46)33-23-21-30(22-24-33)38-29-34-25-27-40(31-13-5-3-6-14-31)49-45(34)47-35(38)26-28-41(50-47)32-15-7-4-8-16-32;1-42(2)37-17-9-7-15-34(37)41-40(42)39(35-16-8-10-18-38(35)43-41)27-21-19-26(20-22-27)28-23-24-33-31-13-4-3-11-29(31)30-12-5-6-14-32(30)36(33)25-28;1-40(2)34-16-7-5-12-32(34)39-38(40)36(33-13-6-8-17-35(33)41-39)25-20-18-24(19-21-25)26-22-23-31-28-11-4-3-10-27(28)30-15-9-14-29(26)37(30)31/h3-29H,1-2H3;3-25H,1-2H3;3-23H,1-2H3. The predicted molar refractivity (Wildman–Crippen MR) is 566 cm³/mol. The third-order valence-electron chi connectivity index (χ3n) is 29.7. The summed E-state index contributed by atoms with van der Waals surface area (Å²) in [7, 11) is 0. The van der Waals surface area contributed by atoms with Crippen LogP contribution in [-0.4, -0.2) is 24.9 Å². The third-order valence-corrected chi connectivity index (χ3v) is 29.7. The number of benzene rings is 19. The number of aromatic nitrogens is 5. The molecule has 0 N–H and O–H groups in total. The van der Waals surface area contributed by atoms with Gasteiger partial charge >= 0.3 is 0 Å². The highest BCUT2D eigenvalue weighted by atomic mass is 14.8. The first-order chi connectivity index (χ1) is 66.2. The second kappa shape index (κ2) is 30.7. The number of rotatable bonds is 8. The minimum Gasteiger partial charge on any atom is -0.247 e. The van der Waals surface area contributed by atoms with E-state index in [-0.39, 0.29) is 16.2 Å². The van der Waals surface area contributed by atoms with Crippen LogP contribution >= 0.6 is 0 Å². The number of pyridine rings is 5. The summed E-state index contributed by atoms with van der Waals surface area (Å²) in [5.41, 5.74) is 43.7. The lowest BCUT2D eigenvalue weighted by Gasteiger charge is -2.25. The molecule has 5 nitrogen and oxygen atoms in total. The smallest absolute Gasteiger partial charge is 0.0978 e. The first-order valence-corrected chi connectivity index (χ1v) is 47.0. The molecule has 0 fully saturated rings. The zero-order chi connectivity index (χ0) is 90.1. The summed E-state index contributed by atoms with van der Waals surface area (Å²) in [6.45, 7) is 14.0. The first-order valence-electron chi connectivity index (χ1n) is 47.0. The molecule has 0 atom stereocenters. The molecule has 5 heterocycles. The van der Waals surface area contributed by atoms with Crippen molar-refractivity contribution in [2.45, 2.75) is 57.8 Å². The molecule has 135 heavy (non-hydrogen) atoms. The molecule has 0 spiro atoms. The first kappa shape index (κ1) is 79.2. The van der Waals surface area contributed by atoms with Gasteiger partial charge in [-0.2, -0.15) is 0 Å². The van der Waals surface area contributed by atoms with Crippen molar-refractivity contribution in [2.24, 2.45) is 0 Å². The fourth-order valence-electron chi connectivity index (χ4n) is 23.3. The summed E-state index contributed by atoms with van der Waals surface area (Å²) in [4.78, 5) is 26.2. The predicted octanol–water partition coefficient (Wildman–Crippen LogP) is 34.3. The van der Waals surface area contributed by atoms with Crippen LogP contribution in [0.5, 0.6) is 0 Å². The molecule has 0 unspecified atom stereocenters. The van der Waals surface area contributed by atoms with Crippen LogP contribution in [0.15, 0.2) is 431 Å². The maximum Gasteiger partial charge on any atom is 0.0978 e. The molecular weight excluding hydrogens is 1630 g/mol. The van der Waals surface area contributed by atoms with Crippen molar-refractivity contribution in [3.05, 3.63) is 464 Å². The van der Waals surface area contributed by atoms with E-state index in [4.69, 9.17) is 24.9 Å². The Morgan fingerprint density at radius 3 is 0.948 bits per heavy atom. The molecule has 4 aliphatic rings. The molecule has 0 amide bonds. The average molecular weight is 1720 g/mol. The molecule has 4 aliphatic carbocycles. The molecule has 0 radical (unpaired) electrons. The van der Waals surface area contributed by atoms with E-state index < -0.39 is 0 Å². The zero-order valence-corrected chi connectivity index (χ0v) is 75.7. The minimum atomic E-state index is -0.181.